The maximum atomic E-state index is 13.3. The Morgan fingerprint density at radius 3 is 2.81 bits per heavy atom. The van der Waals surface area contributed by atoms with Crippen molar-refractivity contribution in [3.8, 4) is 11.4 Å². The van der Waals surface area contributed by atoms with E-state index in [1.165, 1.54) is 12.3 Å². The molecule has 0 unspecified atom stereocenters. The van der Waals surface area contributed by atoms with Crippen LogP contribution in [-0.2, 0) is 19.5 Å². The minimum absolute atomic E-state index is 0.137. The molecule has 0 saturated carbocycles. The Morgan fingerprint density at radius 2 is 2.04 bits per heavy atom. The van der Waals surface area contributed by atoms with Crippen molar-refractivity contribution in [3.63, 3.8) is 0 Å². The minimum Gasteiger partial charge on any atom is -0.306 e. The van der Waals surface area contributed by atoms with Crippen LogP contribution in [0.15, 0.2) is 47.5 Å². The van der Waals surface area contributed by atoms with Gasteiger partial charge in [0.05, 0.1) is 17.5 Å². The molecule has 0 amide bonds. The topological polar surface area (TPSA) is 61.9 Å². The van der Waals surface area contributed by atoms with Crippen LogP contribution in [-0.4, -0.2) is 26.4 Å². The van der Waals surface area contributed by atoms with Crippen molar-refractivity contribution in [2.75, 3.05) is 6.54 Å². The Kier molecular flexibility index (Phi) is 4.53. The maximum absolute atomic E-state index is 13.3. The van der Waals surface area contributed by atoms with Gasteiger partial charge in [0.25, 0.3) is 5.56 Å². The highest BCUT2D eigenvalue weighted by molar-refractivity contribution is 6.30. The molecule has 26 heavy (non-hydrogen) atoms. The lowest BCUT2D eigenvalue weighted by molar-refractivity contribution is 0.241. The van der Waals surface area contributed by atoms with E-state index in [1.807, 2.05) is 12.1 Å². The van der Waals surface area contributed by atoms with E-state index >= 15 is 0 Å². The summed E-state index contributed by atoms with van der Waals surface area (Å²) in [4.78, 5) is 26.0. The van der Waals surface area contributed by atoms with E-state index in [4.69, 9.17) is 11.6 Å². The molecule has 7 heteroatoms. The Labute approximate surface area is 154 Å². The van der Waals surface area contributed by atoms with Crippen molar-refractivity contribution >= 4 is 11.6 Å². The fourth-order valence-corrected chi connectivity index (χ4v) is 3.29. The summed E-state index contributed by atoms with van der Waals surface area (Å²) in [7, 11) is 0. The fourth-order valence-electron chi connectivity index (χ4n) is 3.16. The van der Waals surface area contributed by atoms with Crippen LogP contribution in [0, 0.1) is 5.82 Å². The highest BCUT2D eigenvalue weighted by Crippen LogP contribution is 2.21. The molecule has 0 radical (unpaired) electrons. The van der Waals surface area contributed by atoms with Crippen molar-refractivity contribution < 1.29 is 4.39 Å². The number of H-pyrrole nitrogens is 1. The van der Waals surface area contributed by atoms with E-state index in [9.17, 15) is 9.18 Å². The summed E-state index contributed by atoms with van der Waals surface area (Å²) in [5, 5.41) is 0.636. The van der Waals surface area contributed by atoms with E-state index in [0.29, 0.717) is 35.9 Å². The third-order valence-electron chi connectivity index (χ3n) is 4.43. The van der Waals surface area contributed by atoms with Crippen LogP contribution < -0.4 is 5.56 Å². The van der Waals surface area contributed by atoms with Gasteiger partial charge in [0, 0.05) is 42.8 Å². The molecule has 5 nitrogen and oxygen atoms in total. The van der Waals surface area contributed by atoms with E-state index in [-0.39, 0.29) is 11.4 Å². The second-order valence-corrected chi connectivity index (χ2v) is 6.76. The van der Waals surface area contributed by atoms with Gasteiger partial charge >= 0.3 is 0 Å². The smallest absolute Gasteiger partial charge is 0.255 e. The van der Waals surface area contributed by atoms with Gasteiger partial charge in [0.2, 0.25) is 0 Å². The van der Waals surface area contributed by atoms with Gasteiger partial charge in [-0.1, -0.05) is 11.6 Å². The summed E-state index contributed by atoms with van der Waals surface area (Å²) in [6.07, 6.45) is 3.50. The second-order valence-electron chi connectivity index (χ2n) is 6.32. The van der Waals surface area contributed by atoms with Gasteiger partial charge in [-0.3, -0.25) is 14.7 Å². The summed E-state index contributed by atoms with van der Waals surface area (Å²) >= 11 is 5.91. The molecule has 3 aromatic rings. The summed E-state index contributed by atoms with van der Waals surface area (Å²) in [6, 6.07) is 8.67. The van der Waals surface area contributed by atoms with Crippen LogP contribution in [0.2, 0.25) is 5.02 Å². The van der Waals surface area contributed by atoms with E-state index in [1.54, 1.807) is 18.3 Å². The van der Waals surface area contributed by atoms with Gasteiger partial charge in [0.15, 0.2) is 0 Å². The minimum atomic E-state index is -0.355. The molecular formula is C19H16ClFN4O. The lowest BCUT2D eigenvalue weighted by atomic mass is 10.1. The molecule has 0 aliphatic carbocycles. The largest absolute Gasteiger partial charge is 0.306 e. The number of aromatic nitrogens is 3. The van der Waals surface area contributed by atoms with Gasteiger partial charge < -0.3 is 4.98 Å². The molecule has 0 saturated heterocycles. The number of hydrogen-bond donors (Lipinski definition) is 1. The van der Waals surface area contributed by atoms with Crippen LogP contribution in [0.1, 0.15) is 16.8 Å². The number of pyridine rings is 1. The molecule has 4 rings (SSSR count). The molecule has 0 atom stereocenters. The predicted molar refractivity (Wildman–Crippen MR) is 97.3 cm³/mol. The highest BCUT2D eigenvalue weighted by atomic mass is 35.5. The van der Waals surface area contributed by atoms with Crippen molar-refractivity contribution in [1.82, 2.24) is 19.9 Å². The first-order valence-electron chi connectivity index (χ1n) is 8.28. The number of benzene rings is 1. The zero-order valence-corrected chi connectivity index (χ0v) is 14.6. The van der Waals surface area contributed by atoms with Crippen LogP contribution >= 0.6 is 11.6 Å². The standard InChI is InChI=1S/C19H16ClFN4O/c20-14-3-1-13(2-4-14)18-23-17-5-6-25(11-16(17)19(26)24-18)10-12-7-15(21)9-22-8-12/h1-4,7-9H,5-6,10-11H2,(H,23,24,26). The summed E-state index contributed by atoms with van der Waals surface area (Å²) in [5.74, 6) is 0.195. The number of nitrogens with zero attached hydrogens (tertiary/aromatic N) is 3. The third kappa shape index (κ3) is 3.52. The summed E-state index contributed by atoms with van der Waals surface area (Å²) in [6.45, 7) is 1.78. The Balaban J connectivity index is 1.58. The Morgan fingerprint density at radius 1 is 1.23 bits per heavy atom. The van der Waals surface area contributed by atoms with Gasteiger partial charge in [-0.05, 0) is 35.9 Å². The van der Waals surface area contributed by atoms with Crippen LogP contribution in [0.5, 0.6) is 0 Å². The molecule has 0 spiro atoms. The predicted octanol–water partition coefficient (Wildman–Crippen LogP) is 3.18. The number of nitrogens with one attached hydrogen (secondary N) is 1. The zero-order chi connectivity index (χ0) is 18.1. The van der Waals surface area contributed by atoms with Gasteiger partial charge in [-0.25, -0.2) is 9.37 Å². The normalized spacial score (nSPS) is 14.2. The molecule has 2 aromatic heterocycles. The molecule has 1 aliphatic rings. The first kappa shape index (κ1) is 16.9. The first-order valence-corrected chi connectivity index (χ1v) is 8.66. The quantitative estimate of drug-likeness (QED) is 0.769. The molecule has 1 aromatic carbocycles. The summed E-state index contributed by atoms with van der Waals surface area (Å²) < 4.78 is 13.3. The van der Waals surface area contributed by atoms with Gasteiger partial charge in [0.1, 0.15) is 11.6 Å². The summed E-state index contributed by atoms with van der Waals surface area (Å²) in [5.41, 5.74) is 2.95. The molecule has 3 heterocycles. The van der Waals surface area contributed by atoms with Gasteiger partial charge in [-0.15, -0.1) is 0 Å². The Hall–Kier alpha value is -2.57. The lowest BCUT2D eigenvalue weighted by Crippen LogP contribution is -2.35. The average molecular weight is 371 g/mol. The molecule has 0 bridgehead atoms. The van der Waals surface area contributed by atoms with E-state index in [0.717, 1.165) is 23.4 Å². The molecule has 1 aliphatic heterocycles. The zero-order valence-electron chi connectivity index (χ0n) is 13.9. The van der Waals surface area contributed by atoms with Gasteiger partial charge in [-0.2, -0.15) is 0 Å². The van der Waals surface area contributed by atoms with E-state index in [2.05, 4.69) is 19.9 Å². The highest BCUT2D eigenvalue weighted by Gasteiger charge is 2.21. The molecule has 132 valence electrons. The van der Waals surface area contributed by atoms with E-state index < -0.39 is 0 Å². The number of hydrogen-bond acceptors (Lipinski definition) is 4. The van der Waals surface area contributed by atoms with Crippen molar-refractivity contribution in [2.45, 2.75) is 19.5 Å². The SMILES string of the molecule is O=c1[nH]c(-c2ccc(Cl)cc2)nc2c1CN(Cc1cncc(F)c1)CC2. The monoisotopic (exact) mass is 370 g/mol. The van der Waals surface area contributed by atoms with Crippen molar-refractivity contribution in [2.24, 2.45) is 0 Å². The van der Waals surface area contributed by atoms with Crippen molar-refractivity contribution in [1.29, 1.82) is 0 Å². The number of fused-ring (bicyclic) bond motifs is 1. The van der Waals surface area contributed by atoms with Crippen LogP contribution in [0.4, 0.5) is 4.39 Å². The first-order chi connectivity index (χ1) is 12.6. The van der Waals surface area contributed by atoms with Crippen LogP contribution in [0.25, 0.3) is 11.4 Å². The second kappa shape index (κ2) is 6.97. The number of aromatic amines is 1. The van der Waals surface area contributed by atoms with Crippen LogP contribution in [0.3, 0.4) is 0 Å². The van der Waals surface area contributed by atoms with Crippen molar-refractivity contribution in [3.05, 3.63) is 80.7 Å². The fraction of sp³-hybridized carbons (Fsp3) is 0.211. The number of rotatable bonds is 3. The third-order valence-corrected chi connectivity index (χ3v) is 4.69. The number of halogens is 2. The average Bonchev–Trinajstić information content (AvgIpc) is 2.63. The lowest BCUT2D eigenvalue weighted by Gasteiger charge is -2.27. The molecule has 0 fully saturated rings. The molecular weight excluding hydrogens is 355 g/mol. The maximum Gasteiger partial charge on any atom is 0.255 e. The Bertz CT molecular complexity index is 1000. The molecule has 1 N–H and O–H groups in total.